The predicted octanol–water partition coefficient (Wildman–Crippen LogP) is 2.71. The molecular formula is C16H18FNO2S. The topological polar surface area (TPSA) is 60.2 Å². The van der Waals surface area contributed by atoms with Crippen molar-refractivity contribution in [3.05, 3.63) is 70.5 Å². The van der Waals surface area contributed by atoms with Crippen LogP contribution in [-0.2, 0) is 27.9 Å². The van der Waals surface area contributed by atoms with Crippen molar-refractivity contribution in [2.75, 3.05) is 0 Å². The Morgan fingerprint density at radius 3 is 2.33 bits per heavy atom. The summed E-state index contributed by atoms with van der Waals surface area (Å²) in [6.45, 7) is 2.06. The number of benzene rings is 2. The van der Waals surface area contributed by atoms with Crippen LogP contribution >= 0.6 is 0 Å². The highest BCUT2D eigenvalue weighted by atomic mass is 32.2. The van der Waals surface area contributed by atoms with E-state index in [1.165, 1.54) is 18.2 Å². The zero-order chi connectivity index (χ0) is 15.5. The summed E-state index contributed by atoms with van der Waals surface area (Å²) in [4.78, 5) is 0. The van der Waals surface area contributed by atoms with Crippen LogP contribution in [0.15, 0.2) is 42.5 Å². The maximum Gasteiger partial charge on any atom is 0.158 e. The summed E-state index contributed by atoms with van der Waals surface area (Å²) in [6.07, 6.45) is 0. The Hall–Kier alpha value is -1.72. The molecule has 0 heterocycles. The number of hydrogen-bond acceptors (Lipinski definition) is 3. The molecule has 0 saturated carbocycles. The van der Waals surface area contributed by atoms with Gasteiger partial charge in [-0.05, 0) is 41.3 Å². The van der Waals surface area contributed by atoms with E-state index in [4.69, 9.17) is 5.73 Å². The van der Waals surface area contributed by atoms with Gasteiger partial charge in [-0.3, -0.25) is 0 Å². The molecule has 0 amide bonds. The molecule has 2 rings (SSSR count). The minimum Gasteiger partial charge on any atom is -0.326 e. The second kappa shape index (κ2) is 6.37. The third-order valence-electron chi connectivity index (χ3n) is 3.40. The van der Waals surface area contributed by atoms with E-state index in [-0.39, 0.29) is 18.1 Å². The van der Waals surface area contributed by atoms with Gasteiger partial charge in [0, 0.05) is 6.54 Å². The Morgan fingerprint density at radius 2 is 1.67 bits per heavy atom. The maximum atomic E-state index is 13.3. The average molecular weight is 307 g/mol. The number of rotatable bonds is 5. The number of halogens is 1. The van der Waals surface area contributed by atoms with Crippen molar-refractivity contribution in [1.29, 1.82) is 0 Å². The van der Waals surface area contributed by atoms with Crippen molar-refractivity contribution in [2.24, 2.45) is 5.73 Å². The highest BCUT2D eigenvalue weighted by molar-refractivity contribution is 7.89. The fraction of sp³-hybridized carbons (Fsp3) is 0.250. The SMILES string of the molecule is Cc1ccccc1CS(=O)(=O)Cc1cc(F)ccc1CN. The van der Waals surface area contributed by atoms with E-state index in [9.17, 15) is 12.8 Å². The van der Waals surface area contributed by atoms with Gasteiger partial charge in [-0.15, -0.1) is 0 Å². The van der Waals surface area contributed by atoms with Gasteiger partial charge in [-0.1, -0.05) is 30.3 Å². The lowest BCUT2D eigenvalue weighted by Gasteiger charge is -2.10. The zero-order valence-electron chi connectivity index (χ0n) is 11.8. The second-order valence-electron chi connectivity index (χ2n) is 5.08. The number of hydrogen-bond donors (Lipinski definition) is 1. The van der Waals surface area contributed by atoms with E-state index < -0.39 is 15.7 Å². The molecule has 0 radical (unpaired) electrons. The summed E-state index contributed by atoms with van der Waals surface area (Å²) in [5.41, 5.74) is 8.37. The fourth-order valence-corrected chi connectivity index (χ4v) is 3.87. The van der Waals surface area contributed by atoms with Crippen molar-refractivity contribution in [3.63, 3.8) is 0 Å². The molecule has 0 aliphatic rings. The second-order valence-corrected chi connectivity index (χ2v) is 7.14. The Labute approximate surface area is 124 Å². The number of aryl methyl sites for hydroxylation is 1. The minimum absolute atomic E-state index is 0.0554. The minimum atomic E-state index is -3.38. The molecule has 5 heteroatoms. The summed E-state index contributed by atoms with van der Waals surface area (Å²) in [7, 11) is -3.38. The lowest BCUT2D eigenvalue weighted by molar-refractivity contribution is 0.593. The van der Waals surface area contributed by atoms with Crippen molar-refractivity contribution in [1.82, 2.24) is 0 Å². The van der Waals surface area contributed by atoms with Crippen LogP contribution in [-0.4, -0.2) is 8.42 Å². The van der Waals surface area contributed by atoms with Gasteiger partial charge in [0.05, 0.1) is 11.5 Å². The van der Waals surface area contributed by atoms with Crippen molar-refractivity contribution < 1.29 is 12.8 Å². The summed E-state index contributed by atoms with van der Waals surface area (Å²) >= 11 is 0. The van der Waals surface area contributed by atoms with Crippen molar-refractivity contribution >= 4 is 9.84 Å². The molecule has 0 unspecified atom stereocenters. The maximum absolute atomic E-state index is 13.3. The molecule has 0 fully saturated rings. The Kier molecular flexibility index (Phi) is 4.75. The van der Waals surface area contributed by atoms with Crippen LogP contribution in [0.2, 0.25) is 0 Å². The molecule has 0 spiro atoms. The Morgan fingerprint density at radius 1 is 1.00 bits per heavy atom. The highest BCUT2D eigenvalue weighted by Crippen LogP contribution is 2.18. The summed E-state index contributed by atoms with van der Waals surface area (Å²) in [6, 6.07) is 11.4. The van der Waals surface area contributed by atoms with Crippen LogP contribution in [0.3, 0.4) is 0 Å². The van der Waals surface area contributed by atoms with Gasteiger partial charge < -0.3 is 5.73 Å². The standard InChI is InChI=1S/C16H18FNO2S/c1-12-4-2-3-5-14(12)10-21(19,20)11-15-8-16(17)7-6-13(15)9-18/h2-8H,9-11,18H2,1H3. The molecule has 0 aliphatic heterocycles. The quantitative estimate of drug-likeness (QED) is 0.924. The first-order chi connectivity index (χ1) is 9.91. The number of nitrogens with two attached hydrogens (primary N) is 1. The molecule has 0 aliphatic carbocycles. The van der Waals surface area contributed by atoms with E-state index in [1.54, 1.807) is 6.07 Å². The lowest BCUT2D eigenvalue weighted by atomic mass is 10.1. The van der Waals surface area contributed by atoms with Crippen LogP contribution in [0.25, 0.3) is 0 Å². The molecule has 2 N–H and O–H groups in total. The molecule has 21 heavy (non-hydrogen) atoms. The summed E-state index contributed by atoms with van der Waals surface area (Å²) in [5, 5.41) is 0. The zero-order valence-corrected chi connectivity index (χ0v) is 12.7. The number of sulfone groups is 1. The van der Waals surface area contributed by atoms with Gasteiger partial charge in [0.1, 0.15) is 5.82 Å². The van der Waals surface area contributed by atoms with E-state index in [2.05, 4.69) is 0 Å². The largest absolute Gasteiger partial charge is 0.326 e. The third kappa shape index (κ3) is 4.12. The van der Waals surface area contributed by atoms with Crippen LogP contribution in [0.1, 0.15) is 22.3 Å². The molecule has 0 atom stereocenters. The highest BCUT2D eigenvalue weighted by Gasteiger charge is 2.16. The van der Waals surface area contributed by atoms with E-state index in [0.29, 0.717) is 11.1 Å². The van der Waals surface area contributed by atoms with Gasteiger partial charge in [0.2, 0.25) is 0 Å². The van der Waals surface area contributed by atoms with Crippen LogP contribution in [0, 0.1) is 12.7 Å². The van der Waals surface area contributed by atoms with Gasteiger partial charge in [0.25, 0.3) is 0 Å². The van der Waals surface area contributed by atoms with E-state index >= 15 is 0 Å². The van der Waals surface area contributed by atoms with Crippen LogP contribution < -0.4 is 5.73 Å². The van der Waals surface area contributed by atoms with Gasteiger partial charge in [-0.2, -0.15) is 0 Å². The predicted molar refractivity (Wildman–Crippen MR) is 81.8 cm³/mol. The van der Waals surface area contributed by atoms with E-state index in [0.717, 1.165) is 11.1 Å². The molecule has 2 aromatic rings. The Bertz CT molecular complexity index is 742. The van der Waals surface area contributed by atoms with Crippen molar-refractivity contribution in [3.8, 4) is 0 Å². The van der Waals surface area contributed by atoms with Gasteiger partial charge in [-0.25, -0.2) is 12.8 Å². The smallest absolute Gasteiger partial charge is 0.158 e. The third-order valence-corrected chi connectivity index (χ3v) is 4.90. The summed E-state index contributed by atoms with van der Waals surface area (Å²) < 4.78 is 38.0. The summed E-state index contributed by atoms with van der Waals surface area (Å²) in [5.74, 6) is -0.709. The average Bonchev–Trinajstić information content (AvgIpc) is 2.41. The molecule has 0 aromatic heterocycles. The first kappa shape index (κ1) is 15.7. The van der Waals surface area contributed by atoms with Gasteiger partial charge in [0.15, 0.2) is 9.84 Å². The molecule has 0 saturated heterocycles. The first-order valence-electron chi connectivity index (χ1n) is 6.63. The molecule has 2 aromatic carbocycles. The molecular weight excluding hydrogens is 289 g/mol. The normalized spacial score (nSPS) is 11.6. The molecule has 3 nitrogen and oxygen atoms in total. The Balaban J connectivity index is 2.26. The van der Waals surface area contributed by atoms with Crippen LogP contribution in [0.4, 0.5) is 4.39 Å². The first-order valence-corrected chi connectivity index (χ1v) is 8.46. The molecule has 0 bridgehead atoms. The molecule has 112 valence electrons. The lowest BCUT2D eigenvalue weighted by Crippen LogP contribution is -2.11. The monoisotopic (exact) mass is 307 g/mol. The van der Waals surface area contributed by atoms with Crippen LogP contribution in [0.5, 0.6) is 0 Å². The van der Waals surface area contributed by atoms with Crippen molar-refractivity contribution in [2.45, 2.75) is 25.0 Å². The fourth-order valence-electron chi connectivity index (χ4n) is 2.22. The van der Waals surface area contributed by atoms with E-state index in [1.807, 2.05) is 25.1 Å². The van der Waals surface area contributed by atoms with Gasteiger partial charge >= 0.3 is 0 Å².